The van der Waals surface area contributed by atoms with E-state index in [1.54, 1.807) is 12.4 Å². The normalized spacial score (nSPS) is 18.0. The number of anilines is 1. The molecular weight excluding hydrogens is 278 g/mol. The lowest BCUT2D eigenvalue weighted by Gasteiger charge is -2.31. The van der Waals surface area contributed by atoms with Gasteiger partial charge in [-0.15, -0.1) is 0 Å². The third-order valence-corrected chi connectivity index (χ3v) is 3.60. The second-order valence-electron chi connectivity index (χ2n) is 5.07. The van der Waals surface area contributed by atoms with Gasteiger partial charge in [0, 0.05) is 36.3 Å². The number of rotatable bonds is 3. The third kappa shape index (κ3) is 3.05. The minimum Gasteiger partial charge on any atom is -0.360 e. The molecule has 0 radical (unpaired) electrons. The van der Waals surface area contributed by atoms with Crippen LogP contribution in [-0.2, 0) is 11.2 Å². The average molecular weight is 295 g/mol. The van der Waals surface area contributed by atoms with E-state index in [1.807, 2.05) is 18.2 Å². The number of hydrogen-bond donors (Lipinski definition) is 0. The number of aryl methyl sites for hydroxylation is 1. The summed E-state index contributed by atoms with van der Waals surface area (Å²) in [5.41, 5.74) is 1.92. The van der Waals surface area contributed by atoms with E-state index in [1.165, 1.54) is 0 Å². The predicted molar refractivity (Wildman–Crippen MR) is 82.2 cm³/mol. The molecule has 112 valence electrons. The summed E-state index contributed by atoms with van der Waals surface area (Å²) < 4.78 is 5.40. The summed E-state index contributed by atoms with van der Waals surface area (Å²) >= 11 is 0. The molecule has 0 aromatic carbocycles. The fraction of sp³-hybridized carbons (Fsp3) is 0.375. The van der Waals surface area contributed by atoms with E-state index >= 15 is 0 Å². The first-order chi connectivity index (χ1) is 10.8. The molecule has 1 saturated heterocycles. The largest absolute Gasteiger partial charge is 0.360 e. The molecule has 0 saturated carbocycles. The Morgan fingerprint density at radius 2 is 2.18 bits per heavy atom. The maximum absolute atomic E-state index is 9.05. The van der Waals surface area contributed by atoms with Gasteiger partial charge in [0.25, 0.3) is 0 Å². The van der Waals surface area contributed by atoms with E-state index in [0.717, 1.165) is 30.0 Å². The van der Waals surface area contributed by atoms with Crippen LogP contribution in [0.3, 0.4) is 0 Å². The Morgan fingerprint density at radius 3 is 2.91 bits per heavy atom. The molecule has 0 N–H and O–H groups in total. The van der Waals surface area contributed by atoms with Crippen LogP contribution in [0, 0.1) is 11.3 Å². The van der Waals surface area contributed by atoms with Crippen LogP contribution >= 0.6 is 0 Å². The second kappa shape index (κ2) is 6.50. The molecule has 22 heavy (non-hydrogen) atoms. The molecule has 0 bridgehead atoms. The van der Waals surface area contributed by atoms with Gasteiger partial charge in [0.15, 0.2) is 11.9 Å². The van der Waals surface area contributed by atoms with Crippen molar-refractivity contribution < 1.29 is 4.74 Å². The molecule has 1 fully saturated rings. The van der Waals surface area contributed by atoms with Crippen LogP contribution < -0.4 is 4.90 Å². The van der Waals surface area contributed by atoms with Crippen molar-refractivity contribution in [3.63, 3.8) is 0 Å². The van der Waals surface area contributed by atoms with Crippen molar-refractivity contribution in [2.45, 2.75) is 19.4 Å². The van der Waals surface area contributed by atoms with E-state index in [2.05, 4.69) is 32.8 Å². The lowest BCUT2D eigenvalue weighted by molar-refractivity contribution is 0.0761. The van der Waals surface area contributed by atoms with Crippen molar-refractivity contribution in [2.75, 3.05) is 24.6 Å². The topological polar surface area (TPSA) is 74.9 Å². The highest BCUT2D eigenvalue weighted by molar-refractivity contribution is 5.57. The van der Waals surface area contributed by atoms with Gasteiger partial charge in [0.2, 0.25) is 0 Å². The summed E-state index contributed by atoms with van der Waals surface area (Å²) in [7, 11) is 0. The van der Waals surface area contributed by atoms with Crippen molar-refractivity contribution in [1.82, 2.24) is 15.0 Å². The molecule has 2 aromatic rings. The van der Waals surface area contributed by atoms with Gasteiger partial charge < -0.3 is 9.64 Å². The van der Waals surface area contributed by atoms with E-state index in [9.17, 15) is 0 Å². The van der Waals surface area contributed by atoms with E-state index in [-0.39, 0.29) is 0 Å². The van der Waals surface area contributed by atoms with Gasteiger partial charge >= 0.3 is 0 Å². The second-order valence-corrected chi connectivity index (χ2v) is 5.07. The summed E-state index contributed by atoms with van der Waals surface area (Å²) in [5.74, 6) is 1.54. The van der Waals surface area contributed by atoms with Crippen molar-refractivity contribution in [3.05, 3.63) is 36.3 Å². The number of pyridine rings is 1. The zero-order chi connectivity index (χ0) is 15.4. The number of morpholine rings is 1. The maximum atomic E-state index is 9.05. The Kier molecular flexibility index (Phi) is 4.26. The number of nitriles is 1. The first-order valence-corrected chi connectivity index (χ1v) is 7.34. The smallest absolute Gasteiger partial charge is 0.161 e. The summed E-state index contributed by atoms with van der Waals surface area (Å²) in [6.45, 7) is 3.87. The molecule has 0 aliphatic carbocycles. The van der Waals surface area contributed by atoms with Crippen LogP contribution in [0.1, 0.15) is 12.6 Å². The zero-order valence-corrected chi connectivity index (χ0v) is 12.4. The van der Waals surface area contributed by atoms with Gasteiger partial charge in [-0.1, -0.05) is 6.92 Å². The molecule has 2 aromatic heterocycles. The summed E-state index contributed by atoms with van der Waals surface area (Å²) in [6, 6.07) is 7.95. The van der Waals surface area contributed by atoms with E-state index < -0.39 is 6.10 Å². The molecule has 1 aliphatic heterocycles. The Hall–Kier alpha value is -2.52. The summed E-state index contributed by atoms with van der Waals surface area (Å²) in [4.78, 5) is 15.4. The molecule has 6 heteroatoms. The lowest BCUT2D eigenvalue weighted by atomic mass is 10.2. The fourth-order valence-electron chi connectivity index (χ4n) is 2.39. The molecule has 1 unspecified atom stereocenters. The molecule has 0 amide bonds. The zero-order valence-electron chi connectivity index (χ0n) is 12.4. The molecular formula is C16H17N5O. The maximum Gasteiger partial charge on any atom is 0.161 e. The minimum absolute atomic E-state index is 0.404. The van der Waals surface area contributed by atoms with Gasteiger partial charge in [-0.25, -0.2) is 9.97 Å². The number of aromatic nitrogens is 3. The molecule has 6 nitrogen and oxygen atoms in total. The first-order valence-electron chi connectivity index (χ1n) is 7.34. The quantitative estimate of drug-likeness (QED) is 0.860. The lowest BCUT2D eigenvalue weighted by Crippen LogP contribution is -2.42. The van der Waals surface area contributed by atoms with Gasteiger partial charge in [-0.2, -0.15) is 5.26 Å². The molecule has 3 rings (SSSR count). The molecule has 3 heterocycles. The molecule has 1 atom stereocenters. The predicted octanol–water partition coefficient (Wildman–Crippen LogP) is 1.83. The van der Waals surface area contributed by atoms with Crippen LogP contribution in [0.4, 0.5) is 5.82 Å². The third-order valence-electron chi connectivity index (χ3n) is 3.60. The Balaban J connectivity index is 1.96. The van der Waals surface area contributed by atoms with Gasteiger partial charge in [-0.3, -0.25) is 4.98 Å². The van der Waals surface area contributed by atoms with Crippen LogP contribution in [0.25, 0.3) is 11.4 Å². The van der Waals surface area contributed by atoms with Crippen LogP contribution in [-0.4, -0.2) is 40.8 Å². The first kappa shape index (κ1) is 14.4. The van der Waals surface area contributed by atoms with Crippen LogP contribution in [0.15, 0.2) is 30.6 Å². The Morgan fingerprint density at radius 1 is 1.36 bits per heavy atom. The monoisotopic (exact) mass is 295 g/mol. The van der Waals surface area contributed by atoms with E-state index in [0.29, 0.717) is 19.0 Å². The van der Waals surface area contributed by atoms with Gasteiger partial charge in [-0.05, 0) is 18.6 Å². The highest BCUT2D eigenvalue weighted by Gasteiger charge is 2.22. The van der Waals surface area contributed by atoms with Crippen molar-refractivity contribution in [2.24, 2.45) is 0 Å². The molecule has 0 spiro atoms. The molecule has 1 aliphatic rings. The van der Waals surface area contributed by atoms with E-state index in [4.69, 9.17) is 10.00 Å². The minimum atomic E-state index is -0.404. The van der Waals surface area contributed by atoms with Crippen LogP contribution in [0.5, 0.6) is 0 Å². The van der Waals surface area contributed by atoms with Crippen molar-refractivity contribution in [3.8, 4) is 17.5 Å². The standard InChI is InChI=1S/C16H17N5O/c1-2-13-9-15(21-7-8-22-14(10-17)11-21)20-16(19-13)12-3-5-18-6-4-12/h3-6,9,14H,2,7-8,11H2,1H3. The van der Waals surface area contributed by atoms with Crippen molar-refractivity contribution in [1.29, 1.82) is 5.26 Å². The number of nitrogens with zero attached hydrogens (tertiary/aromatic N) is 5. The fourth-order valence-corrected chi connectivity index (χ4v) is 2.39. The highest BCUT2D eigenvalue weighted by Crippen LogP contribution is 2.21. The average Bonchev–Trinajstić information content (AvgIpc) is 2.62. The summed E-state index contributed by atoms with van der Waals surface area (Å²) in [5, 5.41) is 9.05. The number of ether oxygens (including phenoxy) is 1. The van der Waals surface area contributed by atoms with Crippen LogP contribution in [0.2, 0.25) is 0 Å². The SMILES string of the molecule is CCc1cc(N2CCOC(C#N)C2)nc(-c2ccncc2)n1. The van der Waals surface area contributed by atoms with Crippen molar-refractivity contribution >= 4 is 5.82 Å². The number of hydrogen-bond acceptors (Lipinski definition) is 6. The highest BCUT2D eigenvalue weighted by atomic mass is 16.5. The summed E-state index contributed by atoms with van der Waals surface area (Å²) in [6.07, 6.45) is 3.90. The Bertz CT molecular complexity index is 683. The van der Waals surface area contributed by atoms with Gasteiger partial charge in [0.1, 0.15) is 5.82 Å². The Labute approximate surface area is 129 Å². The van der Waals surface area contributed by atoms with Gasteiger partial charge in [0.05, 0.1) is 19.2 Å².